The van der Waals surface area contributed by atoms with E-state index in [1.165, 1.54) is 6.21 Å². The molecule has 0 aliphatic rings. The molecule has 0 unspecified atom stereocenters. The smallest absolute Gasteiger partial charge is 0.249 e. The van der Waals surface area contributed by atoms with Gasteiger partial charge in [-0.25, -0.2) is 5.43 Å². The molecule has 23 heavy (non-hydrogen) atoms. The number of carbonyl (C=O) groups excluding carboxylic acids is 2. The van der Waals surface area contributed by atoms with Crippen LogP contribution in [0.5, 0.6) is 0 Å². The van der Waals surface area contributed by atoms with E-state index in [1.807, 2.05) is 6.07 Å². The van der Waals surface area contributed by atoms with Crippen LogP contribution in [0.15, 0.2) is 53.9 Å². The summed E-state index contributed by atoms with van der Waals surface area (Å²) < 4.78 is 0. The molecule has 2 rings (SSSR count). The zero-order valence-electron chi connectivity index (χ0n) is 12.2. The lowest BCUT2D eigenvalue weighted by atomic mass is 10.2. The summed E-state index contributed by atoms with van der Waals surface area (Å²) in [6, 6.07) is 10.6. The van der Waals surface area contributed by atoms with Gasteiger partial charge < -0.3 is 5.32 Å². The molecule has 0 radical (unpaired) electrons. The molecular weight excluding hydrogens is 316 g/mol. The second-order valence-corrected chi connectivity index (χ2v) is 5.10. The number of nitrogens with zero attached hydrogens (tertiary/aromatic N) is 2. The normalized spacial score (nSPS) is 10.5. The fourth-order valence-electron chi connectivity index (χ4n) is 1.68. The molecule has 1 aromatic carbocycles. The van der Waals surface area contributed by atoms with Crippen molar-refractivity contribution in [1.29, 1.82) is 0 Å². The highest BCUT2D eigenvalue weighted by molar-refractivity contribution is 6.30. The van der Waals surface area contributed by atoms with Crippen LogP contribution < -0.4 is 10.7 Å². The molecule has 7 heteroatoms. The van der Waals surface area contributed by atoms with Gasteiger partial charge in [-0.3, -0.25) is 14.6 Å². The predicted molar refractivity (Wildman–Crippen MR) is 87.9 cm³/mol. The highest BCUT2D eigenvalue weighted by Gasteiger charge is 2.08. The van der Waals surface area contributed by atoms with Gasteiger partial charge in [-0.15, -0.1) is 0 Å². The van der Waals surface area contributed by atoms with Gasteiger partial charge in [0.05, 0.1) is 6.21 Å². The third-order valence-electron chi connectivity index (χ3n) is 2.81. The third-order valence-corrected chi connectivity index (χ3v) is 3.06. The fourth-order valence-corrected chi connectivity index (χ4v) is 1.80. The summed E-state index contributed by atoms with van der Waals surface area (Å²) in [6.45, 7) is 0.327. The minimum atomic E-state index is -0.487. The summed E-state index contributed by atoms with van der Waals surface area (Å²) in [5.41, 5.74) is 3.95. The summed E-state index contributed by atoms with van der Waals surface area (Å²) >= 11 is 5.76. The van der Waals surface area contributed by atoms with Gasteiger partial charge in [0, 0.05) is 24.0 Å². The van der Waals surface area contributed by atoms with E-state index in [0.717, 1.165) is 11.1 Å². The SMILES string of the molecule is O=C(CC(=O)N/N=C\c1ccc(Cl)cc1)NCc1cccnc1. The van der Waals surface area contributed by atoms with E-state index >= 15 is 0 Å². The highest BCUT2D eigenvalue weighted by atomic mass is 35.5. The van der Waals surface area contributed by atoms with Gasteiger partial charge in [-0.2, -0.15) is 5.10 Å². The van der Waals surface area contributed by atoms with Crippen LogP contribution in [-0.2, 0) is 16.1 Å². The number of carbonyl (C=O) groups is 2. The topological polar surface area (TPSA) is 83.5 Å². The molecule has 0 bridgehead atoms. The van der Waals surface area contributed by atoms with Gasteiger partial charge in [0.25, 0.3) is 0 Å². The molecule has 0 saturated heterocycles. The first-order chi connectivity index (χ1) is 11.1. The van der Waals surface area contributed by atoms with Crippen molar-refractivity contribution in [3.05, 3.63) is 64.9 Å². The second-order valence-electron chi connectivity index (χ2n) is 4.66. The van der Waals surface area contributed by atoms with Crippen LogP contribution in [0.2, 0.25) is 5.02 Å². The lowest BCUT2D eigenvalue weighted by molar-refractivity contribution is -0.129. The molecule has 0 aliphatic carbocycles. The average Bonchev–Trinajstić information content (AvgIpc) is 2.56. The zero-order valence-corrected chi connectivity index (χ0v) is 13.0. The lowest BCUT2D eigenvalue weighted by Gasteiger charge is -2.04. The van der Waals surface area contributed by atoms with Crippen molar-refractivity contribution in [2.75, 3.05) is 0 Å². The Labute approximate surface area is 138 Å². The van der Waals surface area contributed by atoms with E-state index in [0.29, 0.717) is 11.6 Å². The first kappa shape index (κ1) is 16.6. The Balaban J connectivity index is 1.71. The van der Waals surface area contributed by atoms with E-state index in [2.05, 4.69) is 20.8 Å². The van der Waals surface area contributed by atoms with Crippen molar-refractivity contribution in [1.82, 2.24) is 15.7 Å². The van der Waals surface area contributed by atoms with Gasteiger partial charge in [0.15, 0.2) is 0 Å². The van der Waals surface area contributed by atoms with Gasteiger partial charge in [0.1, 0.15) is 6.42 Å². The van der Waals surface area contributed by atoms with Crippen LogP contribution >= 0.6 is 11.6 Å². The Hall–Kier alpha value is -2.73. The van der Waals surface area contributed by atoms with E-state index in [1.54, 1.807) is 42.7 Å². The number of amides is 2. The van der Waals surface area contributed by atoms with E-state index in [9.17, 15) is 9.59 Å². The number of rotatable bonds is 6. The summed E-state index contributed by atoms with van der Waals surface area (Å²) in [5.74, 6) is -0.869. The van der Waals surface area contributed by atoms with Crippen LogP contribution in [0.25, 0.3) is 0 Å². The maximum absolute atomic E-state index is 11.6. The molecule has 0 aliphatic heterocycles. The van der Waals surface area contributed by atoms with Gasteiger partial charge >= 0.3 is 0 Å². The standard InChI is InChI=1S/C16H15ClN4O2/c17-14-5-3-12(4-6-14)11-20-21-16(23)8-15(22)19-10-13-2-1-7-18-9-13/h1-7,9,11H,8,10H2,(H,19,22)(H,21,23)/b20-11-. The maximum Gasteiger partial charge on any atom is 0.249 e. The van der Waals surface area contributed by atoms with E-state index < -0.39 is 5.91 Å². The predicted octanol–water partition coefficient (Wildman–Crippen LogP) is 1.89. The number of hydrogen-bond acceptors (Lipinski definition) is 4. The van der Waals surface area contributed by atoms with Crippen LogP contribution in [-0.4, -0.2) is 23.0 Å². The first-order valence-corrected chi connectivity index (χ1v) is 7.24. The van der Waals surface area contributed by atoms with Gasteiger partial charge in [0.2, 0.25) is 11.8 Å². The van der Waals surface area contributed by atoms with Crippen LogP contribution in [0.1, 0.15) is 17.5 Å². The molecule has 0 atom stereocenters. The quantitative estimate of drug-likeness (QED) is 0.482. The zero-order chi connectivity index (χ0) is 16.5. The summed E-state index contributed by atoms with van der Waals surface area (Å²) in [5, 5.41) is 7.04. The molecule has 1 aromatic heterocycles. The van der Waals surface area contributed by atoms with Crippen molar-refractivity contribution in [3.8, 4) is 0 Å². The molecule has 0 saturated carbocycles. The summed E-state index contributed by atoms with van der Waals surface area (Å²) in [6.07, 6.45) is 4.48. The molecule has 118 valence electrons. The first-order valence-electron chi connectivity index (χ1n) is 6.86. The number of pyridine rings is 1. The fraction of sp³-hybridized carbons (Fsp3) is 0.125. The minimum Gasteiger partial charge on any atom is -0.352 e. The Kier molecular flexibility index (Phi) is 6.26. The monoisotopic (exact) mass is 330 g/mol. The number of benzene rings is 1. The number of hydrogen-bond donors (Lipinski definition) is 2. The van der Waals surface area contributed by atoms with Crippen LogP contribution in [0.3, 0.4) is 0 Å². The van der Waals surface area contributed by atoms with Crippen LogP contribution in [0.4, 0.5) is 0 Å². The average molecular weight is 331 g/mol. The molecule has 2 N–H and O–H groups in total. The molecule has 6 nitrogen and oxygen atoms in total. The molecule has 0 spiro atoms. The molecule has 2 aromatic rings. The Bertz CT molecular complexity index is 687. The minimum absolute atomic E-state index is 0.293. The molecule has 2 amide bonds. The summed E-state index contributed by atoms with van der Waals surface area (Å²) in [7, 11) is 0. The Morgan fingerprint density at radius 3 is 2.65 bits per heavy atom. The lowest BCUT2D eigenvalue weighted by Crippen LogP contribution is -2.29. The Morgan fingerprint density at radius 1 is 1.17 bits per heavy atom. The number of aromatic nitrogens is 1. The van der Waals surface area contributed by atoms with Crippen molar-refractivity contribution in [2.24, 2.45) is 5.10 Å². The van der Waals surface area contributed by atoms with Crippen molar-refractivity contribution in [3.63, 3.8) is 0 Å². The number of hydrazone groups is 1. The third kappa shape index (κ3) is 6.27. The number of halogens is 1. The van der Waals surface area contributed by atoms with Crippen molar-refractivity contribution < 1.29 is 9.59 Å². The van der Waals surface area contributed by atoms with E-state index in [4.69, 9.17) is 11.6 Å². The highest BCUT2D eigenvalue weighted by Crippen LogP contribution is 2.07. The molecular formula is C16H15ClN4O2. The largest absolute Gasteiger partial charge is 0.352 e. The van der Waals surface area contributed by atoms with E-state index in [-0.39, 0.29) is 12.3 Å². The summed E-state index contributed by atoms with van der Waals surface area (Å²) in [4.78, 5) is 27.2. The maximum atomic E-state index is 11.6. The number of nitrogens with one attached hydrogen (secondary N) is 2. The van der Waals surface area contributed by atoms with Crippen molar-refractivity contribution >= 4 is 29.6 Å². The van der Waals surface area contributed by atoms with Gasteiger partial charge in [-0.1, -0.05) is 29.8 Å². The van der Waals surface area contributed by atoms with Crippen LogP contribution in [0, 0.1) is 0 Å². The van der Waals surface area contributed by atoms with Crippen molar-refractivity contribution in [2.45, 2.75) is 13.0 Å². The van der Waals surface area contributed by atoms with Gasteiger partial charge in [-0.05, 0) is 29.3 Å². The second kappa shape index (κ2) is 8.65. The molecule has 1 heterocycles. The Morgan fingerprint density at radius 2 is 1.96 bits per heavy atom. The molecule has 0 fully saturated rings.